The molecule has 3 unspecified atom stereocenters. The molecule has 3 atom stereocenters. The monoisotopic (exact) mass is 1220 g/mol. The molecule has 0 radical (unpaired) electrons. The molecule has 0 bridgehead atoms. The number of phosphoric ester groups is 1. The lowest BCUT2D eigenvalue weighted by atomic mass is 10.0. The van der Waals surface area contributed by atoms with Crippen LogP contribution in [0, 0.1) is 0 Å². The van der Waals surface area contributed by atoms with E-state index in [-0.39, 0.29) is 19.1 Å². The number of unbranched alkanes of at least 4 members (excludes halogenated alkanes) is 40. The van der Waals surface area contributed by atoms with Gasteiger partial charge in [-0.2, -0.15) is 0 Å². The zero-order chi connectivity index (χ0) is 62.6. The van der Waals surface area contributed by atoms with Crippen molar-refractivity contribution >= 4 is 13.7 Å². The molecule has 0 aliphatic heterocycles. The van der Waals surface area contributed by atoms with Crippen LogP contribution in [-0.4, -0.2) is 73.4 Å². The van der Waals surface area contributed by atoms with Crippen LogP contribution in [0.5, 0.6) is 0 Å². The molecule has 86 heavy (non-hydrogen) atoms. The Balaban J connectivity index is 4.08. The third-order valence-electron chi connectivity index (χ3n) is 16.3. The minimum Gasteiger partial charge on any atom is -0.387 e. The van der Waals surface area contributed by atoms with Crippen molar-refractivity contribution in [2.24, 2.45) is 0 Å². The van der Waals surface area contributed by atoms with Crippen LogP contribution >= 0.6 is 7.82 Å². The number of allylic oxidation sites excluding steroid dienone is 15. The summed E-state index contributed by atoms with van der Waals surface area (Å²) in [6.07, 6.45) is 97.1. The van der Waals surface area contributed by atoms with Gasteiger partial charge in [-0.15, -0.1) is 0 Å². The van der Waals surface area contributed by atoms with Crippen molar-refractivity contribution < 1.29 is 32.9 Å². The van der Waals surface area contributed by atoms with Gasteiger partial charge >= 0.3 is 7.82 Å². The van der Waals surface area contributed by atoms with E-state index in [1.165, 1.54) is 238 Å². The number of likely N-dealkylation sites (N-methyl/N-ethyl adjacent to an activating group) is 1. The molecule has 500 valence electrons. The van der Waals surface area contributed by atoms with Crippen LogP contribution in [0.3, 0.4) is 0 Å². The first-order chi connectivity index (χ1) is 42.0. The Morgan fingerprint density at radius 3 is 1.07 bits per heavy atom. The predicted octanol–water partition coefficient (Wildman–Crippen LogP) is 23.7. The van der Waals surface area contributed by atoms with E-state index in [9.17, 15) is 19.4 Å². The Hall–Kier alpha value is -2.58. The summed E-state index contributed by atoms with van der Waals surface area (Å²) < 4.78 is 23.8. The van der Waals surface area contributed by atoms with Crippen molar-refractivity contribution in [2.45, 2.75) is 347 Å². The quantitative estimate of drug-likeness (QED) is 0.0243. The zero-order valence-corrected chi connectivity index (χ0v) is 58.2. The van der Waals surface area contributed by atoms with Gasteiger partial charge in [0.2, 0.25) is 5.91 Å². The van der Waals surface area contributed by atoms with Crippen molar-refractivity contribution in [2.75, 3.05) is 40.9 Å². The van der Waals surface area contributed by atoms with Gasteiger partial charge in [0.1, 0.15) is 13.2 Å². The van der Waals surface area contributed by atoms with Crippen LogP contribution in [-0.2, 0) is 18.4 Å². The number of nitrogens with one attached hydrogen (secondary N) is 1. The Kier molecular flexibility index (Phi) is 64.8. The Labute approximate surface area is 534 Å². The van der Waals surface area contributed by atoms with Crippen LogP contribution in [0.15, 0.2) is 97.2 Å². The minimum absolute atomic E-state index is 0.0540. The lowest BCUT2D eigenvalue weighted by Crippen LogP contribution is -2.45. The van der Waals surface area contributed by atoms with Gasteiger partial charge in [0.05, 0.1) is 39.9 Å². The van der Waals surface area contributed by atoms with E-state index < -0.39 is 20.0 Å². The predicted molar refractivity (Wildman–Crippen MR) is 378 cm³/mol. The zero-order valence-electron chi connectivity index (χ0n) is 57.3. The van der Waals surface area contributed by atoms with Gasteiger partial charge in [0, 0.05) is 6.42 Å². The van der Waals surface area contributed by atoms with E-state index in [0.29, 0.717) is 17.4 Å². The van der Waals surface area contributed by atoms with E-state index in [1.54, 1.807) is 6.08 Å². The normalized spacial score (nSPS) is 14.2. The maximum Gasteiger partial charge on any atom is 0.472 e. The first-order valence-electron chi connectivity index (χ1n) is 36.6. The van der Waals surface area contributed by atoms with E-state index in [2.05, 4.69) is 104 Å². The molecule has 1 amide bonds. The average Bonchev–Trinajstić information content (AvgIpc) is 3.70. The van der Waals surface area contributed by atoms with Gasteiger partial charge < -0.3 is 19.8 Å². The molecule has 9 heteroatoms. The summed E-state index contributed by atoms with van der Waals surface area (Å²) in [6, 6.07) is -0.870. The number of quaternary nitrogens is 1. The molecule has 0 aliphatic rings. The highest BCUT2D eigenvalue weighted by Crippen LogP contribution is 2.43. The molecular weight excluding hydrogens is 1080 g/mol. The average molecular weight is 1220 g/mol. The molecular formula is C77H142N2O6P+. The minimum atomic E-state index is -4.37. The highest BCUT2D eigenvalue weighted by Gasteiger charge is 2.28. The van der Waals surface area contributed by atoms with Crippen molar-refractivity contribution in [3.8, 4) is 0 Å². The molecule has 8 nitrogen and oxygen atoms in total. The summed E-state index contributed by atoms with van der Waals surface area (Å²) in [5.74, 6) is -0.185. The SMILES string of the molecule is CC/C=C\C/C=C\C/C=C\C/C=C\C/C=C\C/C=C\CCCCCCCCCCCCCCCCCCC(=O)NC(COP(=O)(O)OCC[N+](C)(C)C)C(O)/C=C/CC/C=C/CCCCCCCCCCCCCCCCCCCCCCCCC. The van der Waals surface area contributed by atoms with Gasteiger partial charge in [0.15, 0.2) is 0 Å². The van der Waals surface area contributed by atoms with Gasteiger partial charge in [-0.1, -0.05) is 342 Å². The number of hydrogen-bond donors (Lipinski definition) is 3. The summed E-state index contributed by atoms with van der Waals surface area (Å²) in [7, 11) is 1.56. The second-order valence-corrected chi connectivity index (χ2v) is 27.4. The van der Waals surface area contributed by atoms with E-state index in [0.717, 1.165) is 77.0 Å². The summed E-state index contributed by atoms with van der Waals surface area (Å²) in [5, 5.41) is 14.0. The molecule has 0 aliphatic carbocycles. The van der Waals surface area contributed by atoms with Gasteiger partial charge in [-0.05, 0) is 83.5 Å². The molecule has 0 heterocycles. The molecule has 0 saturated heterocycles. The number of rotatable bonds is 67. The smallest absolute Gasteiger partial charge is 0.387 e. The van der Waals surface area contributed by atoms with Crippen LogP contribution in [0.1, 0.15) is 335 Å². The van der Waals surface area contributed by atoms with E-state index in [4.69, 9.17) is 9.05 Å². The Morgan fingerprint density at radius 2 is 0.709 bits per heavy atom. The maximum atomic E-state index is 13.1. The number of aliphatic hydroxyl groups is 1. The Bertz CT molecular complexity index is 1730. The van der Waals surface area contributed by atoms with Gasteiger partial charge in [-0.25, -0.2) is 4.57 Å². The van der Waals surface area contributed by atoms with Crippen molar-refractivity contribution in [3.05, 3.63) is 97.2 Å². The number of phosphoric acid groups is 1. The molecule has 0 saturated carbocycles. The number of amides is 1. The van der Waals surface area contributed by atoms with Crippen molar-refractivity contribution in [1.29, 1.82) is 0 Å². The lowest BCUT2D eigenvalue weighted by Gasteiger charge is -2.25. The number of carbonyl (C=O) groups excluding carboxylic acids is 1. The number of aliphatic hydroxyl groups excluding tert-OH is 1. The third-order valence-corrected chi connectivity index (χ3v) is 17.3. The summed E-state index contributed by atoms with van der Waals surface area (Å²) in [5.41, 5.74) is 0. The molecule has 0 spiro atoms. The van der Waals surface area contributed by atoms with Crippen molar-refractivity contribution in [3.63, 3.8) is 0 Å². The fourth-order valence-electron chi connectivity index (χ4n) is 10.7. The van der Waals surface area contributed by atoms with Gasteiger partial charge in [-0.3, -0.25) is 13.8 Å². The fraction of sp³-hybridized carbons (Fsp3) is 0.779. The topological polar surface area (TPSA) is 105 Å². The standard InChI is InChI=1S/C77H141N2O6P/c1-6-8-10-12-14-16-18-20-22-24-26-28-30-32-34-36-37-38-39-40-41-43-45-47-49-51-53-55-57-59-61-63-65-67-69-71-77(81)78-75(74-85-86(82,83)84-73-72-79(3,4)5)76(80)70-68-66-64-62-60-58-56-54-52-50-48-46-44-42-35-33-31-29-27-25-23-21-19-17-15-13-11-9-7-2/h8,10,14,16,20,22,26,28,32,34,37-38,60,62,68,70,75-76,80H,6-7,9,11-13,15,17-19,21,23-25,27,29-31,33,35-36,39-59,61,63-67,69,71-74H2,1-5H3,(H-,78,81,82,83)/p+1/b10-8-,16-14-,22-20-,28-26-,34-32-,38-37-,62-60+,70-68+. The first kappa shape index (κ1) is 83.4. The van der Waals surface area contributed by atoms with Crippen LogP contribution < -0.4 is 5.32 Å². The molecule has 0 aromatic rings. The third kappa shape index (κ3) is 68.9. The Morgan fingerprint density at radius 1 is 0.407 bits per heavy atom. The lowest BCUT2D eigenvalue weighted by molar-refractivity contribution is -0.870. The highest BCUT2D eigenvalue weighted by molar-refractivity contribution is 7.47. The molecule has 0 aromatic heterocycles. The van der Waals surface area contributed by atoms with E-state index in [1.807, 2.05) is 27.2 Å². The second kappa shape index (κ2) is 66.8. The summed E-state index contributed by atoms with van der Waals surface area (Å²) in [6.45, 7) is 4.72. The molecule has 0 rings (SSSR count). The number of hydrogen-bond acceptors (Lipinski definition) is 5. The van der Waals surface area contributed by atoms with Crippen LogP contribution in [0.2, 0.25) is 0 Å². The van der Waals surface area contributed by atoms with Crippen molar-refractivity contribution in [1.82, 2.24) is 5.32 Å². The van der Waals surface area contributed by atoms with Crippen LogP contribution in [0.25, 0.3) is 0 Å². The number of nitrogens with zero attached hydrogens (tertiary/aromatic N) is 1. The molecule has 3 N–H and O–H groups in total. The summed E-state index contributed by atoms with van der Waals surface area (Å²) >= 11 is 0. The number of carbonyl (C=O) groups is 1. The van der Waals surface area contributed by atoms with Crippen LogP contribution in [0.4, 0.5) is 0 Å². The fourth-order valence-corrected chi connectivity index (χ4v) is 11.4. The molecule has 0 aromatic carbocycles. The highest BCUT2D eigenvalue weighted by atomic mass is 31.2. The summed E-state index contributed by atoms with van der Waals surface area (Å²) in [4.78, 5) is 23.4. The maximum absolute atomic E-state index is 13.1. The first-order valence-corrected chi connectivity index (χ1v) is 38.1. The second-order valence-electron chi connectivity index (χ2n) is 25.9. The van der Waals surface area contributed by atoms with Gasteiger partial charge in [0.25, 0.3) is 0 Å². The van der Waals surface area contributed by atoms with E-state index >= 15 is 0 Å². The largest absolute Gasteiger partial charge is 0.472 e. The molecule has 0 fully saturated rings.